The van der Waals surface area contributed by atoms with Crippen molar-refractivity contribution in [2.24, 2.45) is 0 Å². The van der Waals surface area contributed by atoms with Crippen LogP contribution in [-0.4, -0.2) is 9.97 Å². The molecule has 0 bridgehead atoms. The van der Waals surface area contributed by atoms with Gasteiger partial charge in [-0.3, -0.25) is 0 Å². The molecule has 5 heteroatoms. The van der Waals surface area contributed by atoms with E-state index in [1.807, 2.05) is 24.3 Å². The Balaban J connectivity index is 1.95. The lowest BCUT2D eigenvalue weighted by Gasteiger charge is -2.03. The number of nitrogens with zero attached hydrogens (tertiary/aromatic N) is 2. The minimum atomic E-state index is 0.426. The van der Waals surface area contributed by atoms with E-state index >= 15 is 0 Å². The Morgan fingerprint density at radius 1 is 0.905 bits per heavy atom. The fourth-order valence-electron chi connectivity index (χ4n) is 2.27. The molecule has 4 rings (SSSR count). The van der Waals surface area contributed by atoms with Crippen LogP contribution in [0.1, 0.15) is 0 Å². The molecular weight excluding hydrogens is 323 g/mol. The van der Waals surface area contributed by atoms with Crippen LogP contribution in [0.4, 0.5) is 0 Å². The van der Waals surface area contributed by atoms with Crippen LogP contribution in [0, 0.1) is 0 Å². The summed E-state index contributed by atoms with van der Waals surface area (Å²) >= 11 is 13.9. The summed E-state index contributed by atoms with van der Waals surface area (Å²) in [6.45, 7) is 0. The van der Waals surface area contributed by atoms with E-state index < -0.39 is 0 Å². The molecule has 0 saturated heterocycles. The van der Waals surface area contributed by atoms with Crippen LogP contribution < -0.4 is 0 Å². The van der Waals surface area contributed by atoms with E-state index in [4.69, 9.17) is 23.2 Å². The molecule has 2 nitrogen and oxygen atoms in total. The van der Waals surface area contributed by atoms with Gasteiger partial charge in [0.2, 0.25) is 0 Å². The van der Waals surface area contributed by atoms with E-state index in [9.17, 15) is 0 Å². The summed E-state index contributed by atoms with van der Waals surface area (Å²) < 4.78 is 1.21. The smallest absolute Gasteiger partial charge is 0.171 e. The second-order valence-electron chi connectivity index (χ2n) is 4.65. The average Bonchev–Trinajstić information content (AvgIpc) is 2.92. The maximum absolute atomic E-state index is 6.28. The molecule has 4 aromatic rings. The zero-order valence-corrected chi connectivity index (χ0v) is 13.0. The normalized spacial score (nSPS) is 11.3. The first kappa shape index (κ1) is 13.0. The molecule has 2 aromatic heterocycles. The second kappa shape index (κ2) is 4.95. The highest BCUT2D eigenvalue weighted by Gasteiger charge is 2.11. The number of halogens is 2. The van der Waals surface area contributed by atoms with Gasteiger partial charge in [0.25, 0.3) is 0 Å². The molecule has 0 aliphatic rings. The Hall–Kier alpha value is -1.68. The lowest BCUT2D eigenvalue weighted by atomic mass is 10.2. The Bertz CT molecular complexity index is 946. The van der Waals surface area contributed by atoms with Crippen molar-refractivity contribution in [3.05, 3.63) is 58.7 Å². The van der Waals surface area contributed by atoms with E-state index in [0.29, 0.717) is 16.0 Å². The van der Waals surface area contributed by atoms with Gasteiger partial charge in [-0.1, -0.05) is 41.4 Å². The fraction of sp³-hybridized carbons (Fsp3) is 0. The van der Waals surface area contributed by atoms with E-state index in [1.54, 1.807) is 17.4 Å². The molecular formula is C16H8Cl2N2S. The van der Waals surface area contributed by atoms with Crippen molar-refractivity contribution in [3.63, 3.8) is 0 Å². The predicted molar refractivity (Wildman–Crippen MR) is 90.4 cm³/mol. The molecule has 0 radical (unpaired) electrons. The SMILES string of the molecule is Clc1ccc2nc(-c3cc4ccccc4s3)nc(Cl)c2c1. The maximum Gasteiger partial charge on any atom is 0.171 e. The molecule has 0 fully saturated rings. The van der Waals surface area contributed by atoms with Gasteiger partial charge in [-0.15, -0.1) is 11.3 Å². The molecule has 0 atom stereocenters. The zero-order valence-electron chi connectivity index (χ0n) is 10.7. The largest absolute Gasteiger partial charge is 0.227 e. The van der Waals surface area contributed by atoms with Gasteiger partial charge < -0.3 is 0 Å². The molecule has 2 heterocycles. The topological polar surface area (TPSA) is 25.8 Å². The number of rotatable bonds is 1. The summed E-state index contributed by atoms with van der Waals surface area (Å²) in [7, 11) is 0. The van der Waals surface area contributed by atoms with Gasteiger partial charge in [0.05, 0.1) is 10.4 Å². The van der Waals surface area contributed by atoms with E-state index in [1.165, 1.54) is 10.1 Å². The predicted octanol–water partition coefficient (Wildman–Crippen LogP) is 5.82. The summed E-state index contributed by atoms with van der Waals surface area (Å²) in [4.78, 5) is 10.0. The highest BCUT2D eigenvalue weighted by Crippen LogP contribution is 2.33. The Labute approximate surface area is 135 Å². The minimum absolute atomic E-state index is 0.426. The number of thiophene rings is 1. The quantitative estimate of drug-likeness (QED) is 0.411. The monoisotopic (exact) mass is 330 g/mol. The van der Waals surface area contributed by atoms with E-state index in [0.717, 1.165) is 15.8 Å². The van der Waals surface area contributed by atoms with Crippen molar-refractivity contribution in [2.75, 3.05) is 0 Å². The first-order chi connectivity index (χ1) is 10.2. The van der Waals surface area contributed by atoms with Crippen molar-refractivity contribution in [2.45, 2.75) is 0 Å². The van der Waals surface area contributed by atoms with Crippen LogP contribution >= 0.6 is 34.5 Å². The lowest BCUT2D eigenvalue weighted by molar-refractivity contribution is 1.24. The Morgan fingerprint density at radius 2 is 1.76 bits per heavy atom. The average molecular weight is 331 g/mol. The van der Waals surface area contributed by atoms with Crippen molar-refractivity contribution in [1.82, 2.24) is 9.97 Å². The molecule has 102 valence electrons. The summed E-state index contributed by atoms with van der Waals surface area (Å²) in [5.41, 5.74) is 0.798. The van der Waals surface area contributed by atoms with Gasteiger partial charge in [-0.05, 0) is 35.7 Å². The third-order valence-electron chi connectivity index (χ3n) is 3.26. The first-order valence-corrected chi connectivity index (χ1v) is 7.90. The zero-order chi connectivity index (χ0) is 14.4. The van der Waals surface area contributed by atoms with Crippen LogP contribution in [0.2, 0.25) is 10.2 Å². The van der Waals surface area contributed by atoms with Crippen molar-refractivity contribution >= 4 is 55.5 Å². The van der Waals surface area contributed by atoms with E-state index in [-0.39, 0.29) is 0 Å². The van der Waals surface area contributed by atoms with Crippen LogP contribution in [-0.2, 0) is 0 Å². The molecule has 21 heavy (non-hydrogen) atoms. The molecule has 0 saturated carbocycles. The van der Waals surface area contributed by atoms with Gasteiger partial charge >= 0.3 is 0 Å². The van der Waals surface area contributed by atoms with Gasteiger partial charge in [-0.25, -0.2) is 9.97 Å². The number of hydrogen-bond donors (Lipinski definition) is 0. The van der Waals surface area contributed by atoms with Crippen molar-refractivity contribution in [1.29, 1.82) is 0 Å². The van der Waals surface area contributed by atoms with Crippen LogP contribution in [0.5, 0.6) is 0 Å². The molecule has 0 aliphatic carbocycles. The lowest BCUT2D eigenvalue weighted by Crippen LogP contribution is -1.90. The first-order valence-electron chi connectivity index (χ1n) is 6.32. The van der Waals surface area contributed by atoms with E-state index in [2.05, 4.69) is 28.2 Å². The summed E-state index contributed by atoms with van der Waals surface area (Å²) in [5, 5.41) is 3.01. The third-order valence-corrected chi connectivity index (χ3v) is 4.89. The van der Waals surface area contributed by atoms with Gasteiger partial charge in [0.1, 0.15) is 5.15 Å². The van der Waals surface area contributed by atoms with Crippen LogP contribution in [0.15, 0.2) is 48.5 Å². The number of benzene rings is 2. The molecule has 0 unspecified atom stereocenters. The molecule has 0 spiro atoms. The summed E-state index contributed by atoms with van der Waals surface area (Å²) in [5.74, 6) is 0.649. The van der Waals surface area contributed by atoms with Gasteiger partial charge in [0.15, 0.2) is 5.82 Å². The molecule has 2 aromatic carbocycles. The highest BCUT2D eigenvalue weighted by atomic mass is 35.5. The Kier molecular flexibility index (Phi) is 3.07. The number of hydrogen-bond acceptors (Lipinski definition) is 3. The molecule has 0 aliphatic heterocycles. The highest BCUT2D eigenvalue weighted by molar-refractivity contribution is 7.22. The summed E-state index contributed by atoms with van der Waals surface area (Å²) in [6, 6.07) is 15.8. The maximum atomic E-state index is 6.28. The third kappa shape index (κ3) is 2.27. The van der Waals surface area contributed by atoms with Crippen LogP contribution in [0.3, 0.4) is 0 Å². The number of aromatic nitrogens is 2. The standard InChI is InChI=1S/C16H8Cl2N2S/c17-10-5-6-12-11(8-10)15(18)20-16(19-12)14-7-9-3-1-2-4-13(9)21-14/h1-8H. The van der Waals surface area contributed by atoms with Crippen molar-refractivity contribution in [3.8, 4) is 10.7 Å². The molecule has 0 amide bonds. The Morgan fingerprint density at radius 3 is 2.62 bits per heavy atom. The van der Waals surface area contributed by atoms with Crippen molar-refractivity contribution < 1.29 is 0 Å². The minimum Gasteiger partial charge on any atom is -0.227 e. The van der Waals surface area contributed by atoms with Gasteiger partial charge in [0, 0.05) is 15.1 Å². The second-order valence-corrected chi connectivity index (χ2v) is 6.53. The van der Waals surface area contributed by atoms with Crippen LogP contribution in [0.25, 0.3) is 31.7 Å². The van der Waals surface area contributed by atoms with Gasteiger partial charge in [-0.2, -0.15) is 0 Å². The number of fused-ring (bicyclic) bond motifs is 2. The fourth-order valence-corrected chi connectivity index (χ4v) is 3.67. The summed E-state index contributed by atoms with van der Waals surface area (Å²) in [6.07, 6.45) is 0. The molecule has 0 N–H and O–H groups in total.